The molecule has 4 nitrogen and oxygen atoms in total. The minimum Gasteiger partial charge on any atom is -0.298 e. The van der Waals surface area contributed by atoms with E-state index in [2.05, 4.69) is 10.3 Å². The number of fused-ring (bicyclic) bond motifs is 1. The Morgan fingerprint density at radius 1 is 0.882 bits per heavy atom. The van der Waals surface area contributed by atoms with Crippen molar-refractivity contribution in [3.05, 3.63) is 98.3 Å². The number of para-hydroxylation sites is 1. The van der Waals surface area contributed by atoms with Crippen LogP contribution in [0.4, 0.5) is 5.13 Å². The lowest BCUT2D eigenvalue weighted by atomic mass is 9.97. The maximum atomic E-state index is 13.5. The minimum absolute atomic E-state index is 0.249. The Balaban J connectivity index is 1.53. The molecule has 0 spiro atoms. The van der Waals surface area contributed by atoms with E-state index in [0.717, 1.165) is 33.3 Å². The minimum atomic E-state index is -0.249. The number of benzene rings is 3. The van der Waals surface area contributed by atoms with E-state index in [4.69, 9.17) is 39.8 Å². The summed E-state index contributed by atoms with van der Waals surface area (Å²) < 4.78 is 0. The highest BCUT2D eigenvalue weighted by atomic mass is 35.5. The summed E-state index contributed by atoms with van der Waals surface area (Å²) in [6.45, 7) is 1.90. The zero-order valence-electron chi connectivity index (χ0n) is 17.8. The fourth-order valence-corrected chi connectivity index (χ4v) is 4.91. The highest BCUT2D eigenvalue weighted by Gasteiger charge is 2.20. The van der Waals surface area contributed by atoms with Crippen molar-refractivity contribution in [3.8, 4) is 22.5 Å². The van der Waals surface area contributed by atoms with Gasteiger partial charge >= 0.3 is 0 Å². The number of amides is 1. The van der Waals surface area contributed by atoms with Gasteiger partial charge in [-0.15, -0.1) is 11.3 Å². The quantitative estimate of drug-likeness (QED) is 0.256. The molecule has 0 radical (unpaired) electrons. The normalized spacial score (nSPS) is 11.1. The summed E-state index contributed by atoms with van der Waals surface area (Å²) in [4.78, 5) is 22.9. The van der Waals surface area contributed by atoms with Gasteiger partial charge in [0.05, 0.1) is 32.5 Å². The van der Waals surface area contributed by atoms with Gasteiger partial charge in [0.25, 0.3) is 5.91 Å². The van der Waals surface area contributed by atoms with Gasteiger partial charge in [-0.3, -0.25) is 10.1 Å². The average molecular weight is 525 g/mol. The molecular formula is C26H16Cl3N3OS. The summed E-state index contributed by atoms with van der Waals surface area (Å²) >= 11 is 19.6. The predicted molar refractivity (Wildman–Crippen MR) is 142 cm³/mol. The van der Waals surface area contributed by atoms with Crippen LogP contribution < -0.4 is 5.32 Å². The summed E-state index contributed by atoms with van der Waals surface area (Å²) in [5, 5.41) is 7.65. The van der Waals surface area contributed by atoms with Crippen LogP contribution in [0, 0.1) is 6.92 Å². The molecule has 168 valence electrons. The lowest BCUT2D eigenvalue weighted by Gasteiger charge is -2.14. The van der Waals surface area contributed by atoms with Crippen LogP contribution in [0.3, 0.4) is 0 Å². The van der Waals surface area contributed by atoms with Gasteiger partial charge in [0.1, 0.15) is 0 Å². The average Bonchev–Trinajstić information content (AvgIpc) is 3.29. The first kappa shape index (κ1) is 22.8. The van der Waals surface area contributed by atoms with Crippen LogP contribution in [-0.4, -0.2) is 15.9 Å². The van der Waals surface area contributed by atoms with E-state index in [0.29, 0.717) is 31.5 Å². The Morgan fingerprint density at radius 3 is 2.38 bits per heavy atom. The van der Waals surface area contributed by atoms with E-state index >= 15 is 0 Å². The molecule has 2 heterocycles. The van der Waals surface area contributed by atoms with E-state index in [-0.39, 0.29) is 5.91 Å². The lowest BCUT2D eigenvalue weighted by Crippen LogP contribution is -2.15. The molecule has 0 bridgehead atoms. The second-order valence-corrected chi connectivity index (χ2v) is 9.71. The molecular weight excluding hydrogens is 509 g/mol. The van der Waals surface area contributed by atoms with Crippen LogP contribution in [0.25, 0.3) is 33.4 Å². The molecule has 5 aromatic rings. The molecule has 1 amide bonds. The molecule has 0 unspecified atom stereocenters. The van der Waals surface area contributed by atoms with E-state index in [9.17, 15) is 4.79 Å². The summed E-state index contributed by atoms with van der Waals surface area (Å²) in [7, 11) is 0. The molecule has 2 aromatic heterocycles. The number of hydrogen-bond acceptors (Lipinski definition) is 4. The van der Waals surface area contributed by atoms with Crippen LogP contribution in [0.5, 0.6) is 0 Å². The van der Waals surface area contributed by atoms with Crippen molar-refractivity contribution < 1.29 is 4.79 Å². The molecule has 0 fully saturated rings. The Hall–Kier alpha value is -2.96. The maximum absolute atomic E-state index is 13.5. The van der Waals surface area contributed by atoms with E-state index in [1.807, 2.05) is 66.9 Å². The number of carbonyl (C=O) groups excluding carboxylic acids is 1. The van der Waals surface area contributed by atoms with Crippen molar-refractivity contribution in [1.29, 1.82) is 0 Å². The van der Waals surface area contributed by atoms with Crippen molar-refractivity contribution in [2.24, 2.45) is 0 Å². The Bertz CT molecular complexity index is 1550. The number of nitrogens with zero attached hydrogens (tertiary/aromatic N) is 2. The molecule has 3 aromatic carbocycles. The van der Waals surface area contributed by atoms with Gasteiger partial charge in [-0.2, -0.15) is 0 Å². The second kappa shape index (κ2) is 9.35. The van der Waals surface area contributed by atoms with Gasteiger partial charge in [0.2, 0.25) is 0 Å². The van der Waals surface area contributed by atoms with E-state index in [1.165, 1.54) is 11.3 Å². The lowest BCUT2D eigenvalue weighted by molar-refractivity contribution is 0.102. The number of rotatable bonds is 4. The van der Waals surface area contributed by atoms with Crippen LogP contribution in [0.15, 0.2) is 72.1 Å². The standard InChI is InChI=1S/C26H16Cl3N3OS/c1-14-23(18-4-2-3-5-21(18)30-24(14)15-6-9-17(27)10-7-15)25(33)32-26-31-22(13-34-26)16-8-11-19(28)20(29)12-16/h2-13H,1H3,(H,31,32,33). The molecule has 8 heteroatoms. The molecule has 5 rings (SSSR count). The number of aromatic nitrogens is 2. The fourth-order valence-electron chi connectivity index (χ4n) is 3.77. The van der Waals surface area contributed by atoms with Crippen LogP contribution >= 0.6 is 46.1 Å². The summed E-state index contributed by atoms with van der Waals surface area (Å²) in [6, 6.07) is 20.3. The van der Waals surface area contributed by atoms with Gasteiger partial charge in [-0.05, 0) is 42.8 Å². The third-order valence-corrected chi connectivity index (χ3v) is 7.17. The molecule has 0 aliphatic carbocycles. The highest BCUT2D eigenvalue weighted by molar-refractivity contribution is 7.14. The van der Waals surface area contributed by atoms with Crippen molar-refractivity contribution in [2.45, 2.75) is 6.92 Å². The fraction of sp³-hybridized carbons (Fsp3) is 0.0385. The van der Waals surface area contributed by atoms with Crippen molar-refractivity contribution >= 4 is 68.1 Å². The number of hydrogen-bond donors (Lipinski definition) is 1. The summed E-state index contributed by atoms with van der Waals surface area (Å²) in [5.41, 5.74) is 5.22. The Kier molecular flexibility index (Phi) is 6.28. The van der Waals surface area contributed by atoms with Gasteiger partial charge in [-0.25, -0.2) is 9.97 Å². The SMILES string of the molecule is Cc1c(-c2ccc(Cl)cc2)nc2ccccc2c1C(=O)Nc1nc(-c2ccc(Cl)c(Cl)c2)cs1. The summed E-state index contributed by atoms with van der Waals surface area (Å²) in [5.74, 6) is -0.249. The number of anilines is 1. The number of halogens is 3. The topological polar surface area (TPSA) is 54.9 Å². The zero-order chi connectivity index (χ0) is 23.8. The molecule has 0 aliphatic heterocycles. The number of pyridine rings is 1. The van der Waals surface area contributed by atoms with Crippen LogP contribution in [0.1, 0.15) is 15.9 Å². The largest absolute Gasteiger partial charge is 0.298 e. The Morgan fingerprint density at radius 2 is 1.62 bits per heavy atom. The van der Waals surface area contributed by atoms with Crippen LogP contribution in [-0.2, 0) is 0 Å². The Labute approximate surface area is 215 Å². The molecule has 0 saturated heterocycles. The van der Waals surface area contributed by atoms with E-state index < -0.39 is 0 Å². The van der Waals surface area contributed by atoms with Crippen molar-refractivity contribution in [3.63, 3.8) is 0 Å². The predicted octanol–water partition coefficient (Wildman–Crippen LogP) is 8.55. The summed E-state index contributed by atoms with van der Waals surface area (Å²) in [6.07, 6.45) is 0. The smallest absolute Gasteiger partial charge is 0.258 e. The number of nitrogens with one attached hydrogen (secondary N) is 1. The molecule has 34 heavy (non-hydrogen) atoms. The van der Waals surface area contributed by atoms with Gasteiger partial charge in [0, 0.05) is 26.9 Å². The van der Waals surface area contributed by atoms with Crippen molar-refractivity contribution in [1.82, 2.24) is 9.97 Å². The number of thiazole rings is 1. The van der Waals surface area contributed by atoms with Gasteiger partial charge < -0.3 is 0 Å². The third-order valence-electron chi connectivity index (χ3n) is 5.42. The number of carbonyl (C=O) groups is 1. The highest BCUT2D eigenvalue weighted by Crippen LogP contribution is 2.33. The molecule has 0 saturated carbocycles. The first-order valence-electron chi connectivity index (χ1n) is 10.3. The molecule has 1 N–H and O–H groups in total. The molecule has 0 aliphatic rings. The monoisotopic (exact) mass is 523 g/mol. The van der Waals surface area contributed by atoms with Crippen LogP contribution in [0.2, 0.25) is 15.1 Å². The maximum Gasteiger partial charge on any atom is 0.258 e. The third kappa shape index (κ3) is 4.40. The zero-order valence-corrected chi connectivity index (χ0v) is 20.9. The first-order valence-corrected chi connectivity index (χ1v) is 12.3. The first-order chi connectivity index (χ1) is 16.4. The second-order valence-electron chi connectivity index (χ2n) is 7.61. The van der Waals surface area contributed by atoms with Gasteiger partial charge in [-0.1, -0.05) is 71.2 Å². The van der Waals surface area contributed by atoms with Crippen molar-refractivity contribution in [2.75, 3.05) is 5.32 Å². The molecule has 0 atom stereocenters. The van der Waals surface area contributed by atoms with Gasteiger partial charge in [0.15, 0.2) is 5.13 Å². The van der Waals surface area contributed by atoms with E-state index in [1.54, 1.807) is 12.1 Å².